The van der Waals surface area contributed by atoms with Gasteiger partial charge in [-0.15, -0.1) is 0 Å². The lowest BCUT2D eigenvalue weighted by molar-refractivity contribution is -0.00000293. The maximum Gasteiger partial charge on any atom is 1.00 e. The van der Waals surface area contributed by atoms with Crippen molar-refractivity contribution in [2.75, 3.05) is 5.73 Å². The molecule has 3 N–H and O–H groups in total. The number of rotatable bonds is 0. The van der Waals surface area contributed by atoms with E-state index in [1.807, 2.05) is 6.92 Å². The fourth-order valence-electron chi connectivity index (χ4n) is 0.679. The van der Waals surface area contributed by atoms with E-state index in [9.17, 15) is 0 Å². The Morgan fingerprint density at radius 3 is 2.50 bits per heavy atom. The second-order valence-corrected chi connectivity index (χ2v) is 2.05. The Morgan fingerprint density at radius 2 is 2.10 bits per heavy atom. The maximum absolute atomic E-state index is 8.99. The Balaban J connectivity index is 0. The first-order valence-corrected chi connectivity index (χ1v) is 2.75. The van der Waals surface area contributed by atoms with Crippen LogP contribution in [0, 0.1) is 6.92 Å². The van der Waals surface area contributed by atoms with Gasteiger partial charge >= 0.3 is 1.43 Å². The molecular formula is C7H10BrNO. The summed E-state index contributed by atoms with van der Waals surface area (Å²) in [6.45, 7) is 1.81. The number of aryl methyl sites for hydroxylation is 1. The van der Waals surface area contributed by atoms with Gasteiger partial charge in [0.1, 0.15) is 5.75 Å². The van der Waals surface area contributed by atoms with Crippen LogP contribution >= 0.6 is 0 Å². The molecule has 0 saturated heterocycles. The fraction of sp³-hybridized carbons (Fsp3) is 0.143. The molecule has 0 spiro atoms. The number of aromatic hydroxyl groups is 1. The van der Waals surface area contributed by atoms with E-state index in [0.29, 0.717) is 11.4 Å². The van der Waals surface area contributed by atoms with E-state index in [0.717, 1.165) is 5.56 Å². The lowest BCUT2D eigenvalue weighted by atomic mass is 10.2. The summed E-state index contributed by atoms with van der Waals surface area (Å²) in [5, 5.41) is 8.99. The first kappa shape index (κ1) is 9.30. The van der Waals surface area contributed by atoms with Crippen LogP contribution in [-0.2, 0) is 0 Å². The number of hydrogen-bond donors (Lipinski definition) is 2. The van der Waals surface area contributed by atoms with Crippen LogP contribution in [0.4, 0.5) is 5.69 Å². The molecular weight excluding hydrogens is 194 g/mol. The lowest BCUT2D eigenvalue weighted by Gasteiger charge is -1.97. The molecule has 0 radical (unpaired) electrons. The average molecular weight is 204 g/mol. The third-order valence-corrected chi connectivity index (χ3v) is 1.22. The van der Waals surface area contributed by atoms with Gasteiger partial charge in [0.05, 0.1) is 0 Å². The Bertz CT molecular complexity index is 230. The molecule has 0 aliphatic heterocycles. The minimum absolute atomic E-state index is 0. The molecule has 10 heavy (non-hydrogen) atoms. The largest absolute Gasteiger partial charge is 1.00 e. The summed E-state index contributed by atoms with van der Waals surface area (Å²) in [6, 6.07) is 4.99. The van der Waals surface area contributed by atoms with Crippen LogP contribution in [-0.4, -0.2) is 5.11 Å². The standard InChI is InChI=1S/C7H9NO.BrH/c1-5-4-6(8)2-3-7(5)9;/h2-4,9H,8H2,1H3;1H. The van der Waals surface area contributed by atoms with Gasteiger partial charge in [-0.25, -0.2) is 0 Å². The topological polar surface area (TPSA) is 46.2 Å². The summed E-state index contributed by atoms with van der Waals surface area (Å²) in [6.07, 6.45) is 0. The normalized spacial score (nSPS) is 8.50. The summed E-state index contributed by atoms with van der Waals surface area (Å²) in [5.41, 5.74) is 6.92. The third-order valence-electron chi connectivity index (χ3n) is 1.22. The zero-order valence-corrected chi connectivity index (χ0v) is 7.22. The van der Waals surface area contributed by atoms with Gasteiger partial charge in [-0.05, 0) is 30.7 Å². The molecule has 0 aliphatic rings. The average Bonchev–Trinajstić information content (AvgIpc) is 1.80. The van der Waals surface area contributed by atoms with Crippen LogP contribution in [0.15, 0.2) is 18.2 Å². The number of nitrogen functional groups attached to an aromatic ring is 1. The van der Waals surface area contributed by atoms with Gasteiger partial charge in [0.15, 0.2) is 0 Å². The second-order valence-electron chi connectivity index (χ2n) is 2.05. The number of halogens is 1. The van der Waals surface area contributed by atoms with E-state index < -0.39 is 0 Å². The van der Waals surface area contributed by atoms with E-state index >= 15 is 0 Å². The zero-order valence-electron chi connectivity index (χ0n) is 6.63. The third kappa shape index (κ3) is 1.92. The van der Waals surface area contributed by atoms with Gasteiger partial charge in [-0.3, -0.25) is 0 Å². The van der Waals surface area contributed by atoms with Crippen LogP contribution in [0.25, 0.3) is 0 Å². The van der Waals surface area contributed by atoms with Crippen molar-refractivity contribution >= 4 is 5.69 Å². The van der Waals surface area contributed by atoms with E-state index in [1.165, 1.54) is 0 Å². The molecule has 3 heteroatoms. The van der Waals surface area contributed by atoms with Crippen molar-refractivity contribution < 1.29 is 23.5 Å². The molecule has 0 fully saturated rings. The van der Waals surface area contributed by atoms with Crippen molar-refractivity contribution in [3.63, 3.8) is 0 Å². The summed E-state index contributed by atoms with van der Waals surface area (Å²) in [4.78, 5) is 0. The highest BCUT2D eigenvalue weighted by molar-refractivity contribution is 5.46. The minimum atomic E-state index is 0. The molecule has 56 valence electrons. The second kappa shape index (κ2) is 3.46. The molecule has 0 bridgehead atoms. The Morgan fingerprint density at radius 1 is 1.50 bits per heavy atom. The number of benzene rings is 1. The van der Waals surface area contributed by atoms with Gasteiger partial charge < -0.3 is 27.8 Å². The van der Waals surface area contributed by atoms with Gasteiger partial charge in [0.2, 0.25) is 0 Å². The molecule has 0 unspecified atom stereocenters. The van der Waals surface area contributed by atoms with Crippen LogP contribution in [0.1, 0.15) is 6.99 Å². The molecule has 0 aliphatic carbocycles. The van der Waals surface area contributed by atoms with Crippen molar-refractivity contribution in [1.82, 2.24) is 0 Å². The van der Waals surface area contributed by atoms with Crippen molar-refractivity contribution in [2.45, 2.75) is 6.92 Å². The molecule has 1 rings (SSSR count). The van der Waals surface area contributed by atoms with Crippen LogP contribution < -0.4 is 22.7 Å². The highest BCUT2D eigenvalue weighted by Gasteiger charge is 1.92. The Kier molecular flexibility index (Phi) is 3.22. The number of nitrogens with two attached hydrogens (primary N) is 1. The summed E-state index contributed by atoms with van der Waals surface area (Å²) < 4.78 is 0. The van der Waals surface area contributed by atoms with E-state index in [1.54, 1.807) is 18.2 Å². The van der Waals surface area contributed by atoms with E-state index in [2.05, 4.69) is 0 Å². The zero-order chi connectivity index (χ0) is 6.85. The molecule has 1 aromatic carbocycles. The molecule has 1 aromatic rings. The summed E-state index contributed by atoms with van der Waals surface area (Å²) in [7, 11) is 0. The smallest absolute Gasteiger partial charge is 1.00 e. The van der Waals surface area contributed by atoms with Crippen LogP contribution in [0.5, 0.6) is 5.75 Å². The quantitative estimate of drug-likeness (QED) is 0.395. The number of phenolic OH excluding ortho intramolecular Hbond substituents is 1. The SMILES string of the molecule is Cc1cc(N)ccc1O.[Br-].[H+]. The first-order valence-electron chi connectivity index (χ1n) is 2.75. The minimum Gasteiger partial charge on any atom is -1.00 e. The molecule has 0 saturated carbocycles. The predicted octanol–water partition coefficient (Wildman–Crippen LogP) is -1.60. The van der Waals surface area contributed by atoms with Gasteiger partial charge in [-0.1, -0.05) is 0 Å². The Labute approximate surface area is 71.9 Å². The van der Waals surface area contributed by atoms with Crippen molar-refractivity contribution in [3.8, 4) is 5.75 Å². The Hall–Kier alpha value is -0.700. The van der Waals surface area contributed by atoms with Gasteiger partial charge in [-0.2, -0.15) is 0 Å². The first-order chi connectivity index (χ1) is 4.20. The summed E-state index contributed by atoms with van der Waals surface area (Å²) >= 11 is 0. The van der Waals surface area contributed by atoms with Crippen LogP contribution in [0.3, 0.4) is 0 Å². The number of anilines is 1. The van der Waals surface area contributed by atoms with Crippen molar-refractivity contribution in [3.05, 3.63) is 23.8 Å². The van der Waals surface area contributed by atoms with Gasteiger partial charge in [0, 0.05) is 5.69 Å². The number of phenols is 1. The van der Waals surface area contributed by atoms with E-state index in [4.69, 9.17) is 10.8 Å². The predicted molar refractivity (Wildman–Crippen MR) is 38.4 cm³/mol. The van der Waals surface area contributed by atoms with Crippen LogP contribution in [0.2, 0.25) is 0 Å². The highest BCUT2D eigenvalue weighted by atomic mass is 79.9. The molecule has 2 nitrogen and oxygen atoms in total. The van der Waals surface area contributed by atoms with Crippen molar-refractivity contribution in [1.29, 1.82) is 0 Å². The molecule has 0 aromatic heterocycles. The summed E-state index contributed by atoms with van der Waals surface area (Å²) in [5.74, 6) is 0.296. The van der Waals surface area contributed by atoms with E-state index in [-0.39, 0.29) is 18.4 Å². The fourth-order valence-corrected chi connectivity index (χ4v) is 0.679. The van der Waals surface area contributed by atoms with Crippen molar-refractivity contribution in [2.24, 2.45) is 0 Å². The highest BCUT2D eigenvalue weighted by Crippen LogP contribution is 2.17. The van der Waals surface area contributed by atoms with Gasteiger partial charge in [0.25, 0.3) is 0 Å². The molecule has 0 heterocycles. The monoisotopic (exact) mass is 203 g/mol. The lowest BCUT2D eigenvalue weighted by Crippen LogP contribution is -3.00. The molecule has 0 atom stereocenters. The maximum atomic E-state index is 8.99. The number of hydrogen-bond acceptors (Lipinski definition) is 2. The molecule has 0 amide bonds.